The molecule has 1 N–H and O–H groups in total. The summed E-state index contributed by atoms with van der Waals surface area (Å²) in [4.78, 5) is 4.41. The van der Waals surface area contributed by atoms with Gasteiger partial charge in [0.2, 0.25) is 12.9 Å². The zero-order valence-electron chi connectivity index (χ0n) is 14.2. The van der Waals surface area contributed by atoms with Crippen molar-refractivity contribution in [3.05, 3.63) is 30.0 Å². The summed E-state index contributed by atoms with van der Waals surface area (Å²) in [5.74, 6) is -0.372. The molecular formula is C17H19F7N2O. The minimum Gasteiger partial charge on any atom is -0.406 e. The van der Waals surface area contributed by atoms with Crippen LogP contribution in [0.2, 0.25) is 0 Å². The van der Waals surface area contributed by atoms with Crippen molar-refractivity contribution in [1.82, 2.24) is 9.88 Å². The highest BCUT2D eigenvalue weighted by Gasteiger charge is 2.31. The smallest absolute Gasteiger partial charge is 0.406 e. The molecule has 0 saturated carbocycles. The lowest BCUT2D eigenvalue weighted by Crippen LogP contribution is -2.30. The second-order valence-corrected chi connectivity index (χ2v) is 6.02. The largest absolute Gasteiger partial charge is 0.573 e. The summed E-state index contributed by atoms with van der Waals surface area (Å²) < 4.78 is 90.6. The zero-order valence-corrected chi connectivity index (χ0v) is 14.2. The molecule has 3 nitrogen and oxygen atoms in total. The molecule has 1 aromatic heterocycles. The van der Waals surface area contributed by atoms with Gasteiger partial charge in [0.15, 0.2) is 0 Å². The molecule has 0 aliphatic carbocycles. The highest BCUT2D eigenvalue weighted by Crippen LogP contribution is 2.28. The lowest BCUT2D eigenvalue weighted by molar-refractivity contribution is -0.274. The Morgan fingerprint density at radius 2 is 1.59 bits per heavy atom. The quantitative estimate of drug-likeness (QED) is 0.554. The van der Waals surface area contributed by atoms with Gasteiger partial charge in [-0.25, -0.2) is 17.6 Å². The predicted molar refractivity (Wildman–Crippen MR) is 86.4 cm³/mol. The Bertz CT molecular complexity index is 703. The van der Waals surface area contributed by atoms with E-state index in [0.717, 1.165) is 0 Å². The number of aromatic amines is 1. The summed E-state index contributed by atoms with van der Waals surface area (Å²) in [5, 5.41) is 0.499. The Morgan fingerprint density at radius 3 is 2.15 bits per heavy atom. The van der Waals surface area contributed by atoms with Crippen LogP contribution in [0.25, 0.3) is 10.9 Å². The molecule has 0 spiro atoms. The number of H-pyrrole nitrogens is 1. The van der Waals surface area contributed by atoms with E-state index in [1.54, 1.807) is 6.20 Å². The van der Waals surface area contributed by atoms with Crippen LogP contribution in [0.3, 0.4) is 0 Å². The lowest BCUT2D eigenvalue weighted by Gasteiger charge is -2.22. The maximum absolute atomic E-state index is 12.4. The maximum Gasteiger partial charge on any atom is 0.573 e. The van der Waals surface area contributed by atoms with Crippen molar-refractivity contribution in [3.63, 3.8) is 0 Å². The van der Waals surface area contributed by atoms with Gasteiger partial charge in [0, 0.05) is 49.6 Å². The van der Waals surface area contributed by atoms with E-state index in [0.29, 0.717) is 22.9 Å². The molecule has 0 aliphatic rings. The first-order valence-electron chi connectivity index (χ1n) is 8.28. The molecule has 1 heterocycles. The second kappa shape index (κ2) is 9.29. The molecule has 0 saturated heterocycles. The van der Waals surface area contributed by atoms with Crippen molar-refractivity contribution in [2.45, 2.75) is 38.5 Å². The van der Waals surface area contributed by atoms with Crippen molar-refractivity contribution >= 4 is 10.9 Å². The Labute approximate surface area is 151 Å². The number of ether oxygens (including phenoxy) is 1. The molecule has 0 aliphatic heterocycles. The molecule has 2 aromatic rings. The Balaban J connectivity index is 2.06. The predicted octanol–water partition coefficient (Wildman–Crippen LogP) is 5.22. The minimum absolute atomic E-state index is 0.0326. The van der Waals surface area contributed by atoms with E-state index < -0.39 is 32.1 Å². The normalized spacial score (nSPS) is 12.7. The van der Waals surface area contributed by atoms with Gasteiger partial charge >= 0.3 is 6.36 Å². The van der Waals surface area contributed by atoms with Gasteiger partial charge in [-0.1, -0.05) is 0 Å². The number of rotatable bonds is 10. The summed E-state index contributed by atoms with van der Waals surface area (Å²) >= 11 is 0. The van der Waals surface area contributed by atoms with Crippen LogP contribution in [0, 0.1) is 0 Å². The van der Waals surface area contributed by atoms with Crippen LogP contribution in [-0.2, 0) is 6.42 Å². The number of aromatic nitrogens is 1. The van der Waals surface area contributed by atoms with Gasteiger partial charge in [-0.2, -0.15) is 0 Å². The van der Waals surface area contributed by atoms with Crippen LogP contribution in [0.15, 0.2) is 24.4 Å². The van der Waals surface area contributed by atoms with E-state index in [1.165, 1.54) is 23.1 Å². The average molecular weight is 400 g/mol. The molecule has 0 bridgehead atoms. The van der Waals surface area contributed by atoms with Crippen LogP contribution in [-0.4, -0.2) is 48.7 Å². The van der Waals surface area contributed by atoms with E-state index in [9.17, 15) is 30.7 Å². The molecule has 0 amide bonds. The fraction of sp³-hybridized carbons (Fsp3) is 0.529. The molecule has 10 heteroatoms. The Hall–Kier alpha value is -1.97. The third-order valence-electron chi connectivity index (χ3n) is 4.00. The van der Waals surface area contributed by atoms with Gasteiger partial charge in [0.25, 0.3) is 0 Å². The minimum atomic E-state index is -4.81. The zero-order chi connectivity index (χ0) is 20.0. The number of nitrogens with zero attached hydrogens (tertiary/aromatic N) is 1. The van der Waals surface area contributed by atoms with Crippen molar-refractivity contribution in [1.29, 1.82) is 0 Å². The van der Waals surface area contributed by atoms with E-state index in [2.05, 4.69) is 9.72 Å². The van der Waals surface area contributed by atoms with Crippen LogP contribution in [0.4, 0.5) is 30.7 Å². The third-order valence-corrected chi connectivity index (χ3v) is 4.00. The first-order chi connectivity index (χ1) is 12.6. The molecule has 0 unspecified atom stereocenters. The molecule has 1 aromatic carbocycles. The number of alkyl halides is 7. The van der Waals surface area contributed by atoms with Crippen molar-refractivity contribution in [2.75, 3.05) is 19.6 Å². The molecule has 0 radical (unpaired) electrons. The number of nitrogens with one attached hydrogen (secondary N) is 1. The number of hydrogen-bond acceptors (Lipinski definition) is 2. The maximum atomic E-state index is 12.4. The molecular weight excluding hydrogens is 381 g/mol. The highest BCUT2D eigenvalue weighted by atomic mass is 19.4. The van der Waals surface area contributed by atoms with Gasteiger partial charge in [0.05, 0.1) is 0 Å². The van der Waals surface area contributed by atoms with Gasteiger partial charge in [-0.3, -0.25) is 0 Å². The van der Waals surface area contributed by atoms with Gasteiger partial charge in [-0.15, -0.1) is 13.2 Å². The molecule has 152 valence electrons. The standard InChI is InChI=1S/C17H19F7N2O/c18-15(19)4-7-26(8-5-16(20)21)6-3-11-10-25-14-2-1-12(9-13(11)14)27-17(22,23)24/h1-2,9-10,15-16,25H,3-8H2. The summed E-state index contributed by atoms with van der Waals surface area (Å²) in [6, 6.07) is 3.84. The van der Waals surface area contributed by atoms with Crippen molar-refractivity contribution < 1.29 is 35.5 Å². The molecule has 0 fully saturated rings. The van der Waals surface area contributed by atoms with Crippen molar-refractivity contribution in [3.8, 4) is 5.75 Å². The monoisotopic (exact) mass is 400 g/mol. The van der Waals surface area contributed by atoms with Gasteiger partial charge in [0.1, 0.15) is 5.75 Å². The summed E-state index contributed by atoms with van der Waals surface area (Å²) in [6.07, 6.45) is -8.83. The van der Waals surface area contributed by atoms with E-state index in [4.69, 9.17) is 0 Å². The number of fused-ring (bicyclic) bond motifs is 1. The number of benzene rings is 1. The molecule has 0 atom stereocenters. The fourth-order valence-electron chi connectivity index (χ4n) is 2.74. The topological polar surface area (TPSA) is 28.3 Å². The fourth-order valence-corrected chi connectivity index (χ4v) is 2.74. The lowest BCUT2D eigenvalue weighted by atomic mass is 10.1. The van der Waals surface area contributed by atoms with E-state index in [-0.39, 0.29) is 25.4 Å². The number of halogens is 7. The second-order valence-electron chi connectivity index (χ2n) is 6.02. The highest BCUT2D eigenvalue weighted by molar-refractivity contribution is 5.84. The SMILES string of the molecule is FC(F)CCN(CCc1c[nH]c2ccc(OC(F)(F)F)cc12)CCC(F)F. The van der Waals surface area contributed by atoms with Crippen LogP contribution >= 0.6 is 0 Å². The Kier molecular flexibility index (Phi) is 7.34. The Morgan fingerprint density at radius 1 is 0.963 bits per heavy atom. The number of hydrogen-bond donors (Lipinski definition) is 1. The van der Waals surface area contributed by atoms with Crippen LogP contribution in [0.5, 0.6) is 5.75 Å². The summed E-state index contributed by atoms with van der Waals surface area (Å²) in [6.45, 7) is 0.168. The van der Waals surface area contributed by atoms with E-state index in [1.807, 2.05) is 0 Å². The van der Waals surface area contributed by atoms with Crippen LogP contribution in [0.1, 0.15) is 18.4 Å². The first kappa shape index (κ1) is 21.3. The first-order valence-corrected chi connectivity index (χ1v) is 8.28. The summed E-state index contributed by atoms with van der Waals surface area (Å²) in [7, 11) is 0. The third kappa shape index (κ3) is 7.28. The van der Waals surface area contributed by atoms with Crippen molar-refractivity contribution in [2.24, 2.45) is 0 Å². The average Bonchev–Trinajstić information content (AvgIpc) is 2.94. The van der Waals surface area contributed by atoms with E-state index >= 15 is 0 Å². The molecule has 2 rings (SSSR count). The summed E-state index contributed by atoms with van der Waals surface area (Å²) in [5.41, 5.74) is 1.24. The van der Waals surface area contributed by atoms with Crippen LogP contribution < -0.4 is 4.74 Å². The van der Waals surface area contributed by atoms with Gasteiger partial charge < -0.3 is 14.6 Å². The molecule has 27 heavy (non-hydrogen) atoms. The van der Waals surface area contributed by atoms with Gasteiger partial charge in [-0.05, 0) is 30.2 Å².